The van der Waals surface area contributed by atoms with Crippen LogP contribution in [0.5, 0.6) is 0 Å². The van der Waals surface area contributed by atoms with Crippen molar-refractivity contribution in [2.75, 3.05) is 5.75 Å². The molecule has 7 heteroatoms. The van der Waals surface area contributed by atoms with Crippen LogP contribution in [0.2, 0.25) is 0 Å². The molecule has 80 valence electrons. The molecule has 15 heavy (non-hydrogen) atoms. The van der Waals surface area contributed by atoms with Gasteiger partial charge in [-0.1, -0.05) is 11.8 Å². The van der Waals surface area contributed by atoms with Crippen LogP contribution in [0.3, 0.4) is 0 Å². The maximum Gasteiger partial charge on any atom is 0.304 e. The minimum Gasteiger partial charge on any atom is -0.481 e. The quantitative estimate of drug-likeness (QED) is 0.467. The number of hydrogen-bond donors (Lipinski definition) is 1. The van der Waals surface area contributed by atoms with Gasteiger partial charge in [0.2, 0.25) is 0 Å². The largest absolute Gasteiger partial charge is 0.481 e. The number of thioether (sulfide) groups is 1. The van der Waals surface area contributed by atoms with Crippen LogP contribution in [0.1, 0.15) is 6.42 Å². The molecule has 0 spiro atoms. The molecule has 0 aliphatic carbocycles. The molecule has 0 bridgehead atoms. The monoisotopic (exact) mass is 228 g/mol. The first-order valence-electron chi connectivity index (χ1n) is 4.05. The zero-order valence-corrected chi connectivity index (χ0v) is 8.44. The zero-order valence-electron chi connectivity index (χ0n) is 7.62. The van der Waals surface area contributed by atoms with Crippen molar-refractivity contribution >= 4 is 23.4 Å². The topological polar surface area (TPSA) is 93.3 Å². The second kappa shape index (κ2) is 5.30. The molecule has 0 saturated heterocycles. The highest BCUT2D eigenvalue weighted by atomic mass is 32.2. The minimum atomic E-state index is -0.930. The molecule has 0 fully saturated rings. The Hall–Kier alpha value is -1.63. The summed E-state index contributed by atoms with van der Waals surface area (Å²) < 4.78 is 0. The van der Waals surface area contributed by atoms with Gasteiger partial charge < -0.3 is 5.11 Å². The van der Waals surface area contributed by atoms with Crippen LogP contribution in [0.25, 0.3) is 0 Å². The van der Waals surface area contributed by atoms with Crippen LogP contribution in [0.4, 0.5) is 5.69 Å². The minimum absolute atomic E-state index is 0.0433. The van der Waals surface area contributed by atoms with Crippen LogP contribution < -0.4 is 0 Å². The van der Waals surface area contributed by atoms with Crippen LogP contribution in [0.15, 0.2) is 23.4 Å². The van der Waals surface area contributed by atoms with Crippen molar-refractivity contribution in [2.45, 2.75) is 11.4 Å². The number of pyridine rings is 1. The fraction of sp³-hybridized carbons (Fsp3) is 0.250. The number of carboxylic acid groups (broad SMARTS) is 1. The summed E-state index contributed by atoms with van der Waals surface area (Å²) in [4.78, 5) is 24.1. The van der Waals surface area contributed by atoms with Gasteiger partial charge in [0.05, 0.1) is 11.3 Å². The van der Waals surface area contributed by atoms with E-state index in [1.165, 1.54) is 18.3 Å². The summed E-state index contributed by atoms with van der Waals surface area (Å²) in [6.45, 7) is 0. The molecule has 0 radical (unpaired) electrons. The van der Waals surface area contributed by atoms with Gasteiger partial charge in [0.15, 0.2) is 5.03 Å². The first-order chi connectivity index (χ1) is 7.11. The van der Waals surface area contributed by atoms with Gasteiger partial charge in [0.25, 0.3) is 0 Å². The third kappa shape index (κ3) is 3.55. The van der Waals surface area contributed by atoms with Gasteiger partial charge in [-0.05, 0) is 6.07 Å². The summed E-state index contributed by atoms with van der Waals surface area (Å²) in [5.74, 6) is -0.659. The van der Waals surface area contributed by atoms with Crippen LogP contribution >= 0.6 is 11.8 Å². The zero-order chi connectivity index (χ0) is 11.3. The van der Waals surface area contributed by atoms with Gasteiger partial charge in [0.1, 0.15) is 0 Å². The predicted molar refractivity (Wildman–Crippen MR) is 53.9 cm³/mol. The maximum atomic E-state index is 10.6. The maximum absolute atomic E-state index is 10.6. The lowest BCUT2D eigenvalue weighted by Crippen LogP contribution is -1.98. The van der Waals surface area contributed by atoms with Crippen molar-refractivity contribution in [1.29, 1.82) is 0 Å². The first kappa shape index (κ1) is 11.4. The standard InChI is InChI=1S/C8H8N2O4S/c11-7(12)3-5-15-8-6(10(13)14)2-1-4-9-8/h1-2,4H,3,5H2,(H,11,12). The summed E-state index contributed by atoms with van der Waals surface area (Å²) >= 11 is 1.07. The summed E-state index contributed by atoms with van der Waals surface area (Å²) in [5.41, 5.74) is -0.0899. The second-order valence-electron chi connectivity index (χ2n) is 2.58. The summed E-state index contributed by atoms with van der Waals surface area (Å²) in [6.07, 6.45) is 1.40. The second-order valence-corrected chi connectivity index (χ2v) is 3.66. The lowest BCUT2D eigenvalue weighted by Gasteiger charge is -1.99. The highest BCUT2D eigenvalue weighted by Crippen LogP contribution is 2.26. The van der Waals surface area contributed by atoms with Crippen molar-refractivity contribution < 1.29 is 14.8 Å². The van der Waals surface area contributed by atoms with Gasteiger partial charge in [-0.25, -0.2) is 4.98 Å². The Kier molecular flexibility index (Phi) is 4.04. The summed E-state index contributed by atoms with van der Waals surface area (Å²) in [5, 5.41) is 19.2. The molecule has 0 aromatic carbocycles. The van der Waals surface area contributed by atoms with E-state index in [0.717, 1.165) is 11.8 Å². The normalized spacial score (nSPS) is 9.87. The van der Waals surface area contributed by atoms with E-state index in [4.69, 9.17) is 5.11 Å². The number of aliphatic carboxylic acids is 1. The van der Waals surface area contributed by atoms with Gasteiger partial charge in [-0.2, -0.15) is 0 Å². The number of nitro groups is 1. The molecule has 0 unspecified atom stereocenters. The molecule has 1 N–H and O–H groups in total. The molecule has 1 heterocycles. The number of carbonyl (C=O) groups is 1. The predicted octanol–water partition coefficient (Wildman–Crippen LogP) is 1.56. The van der Waals surface area contributed by atoms with Gasteiger partial charge in [-0.3, -0.25) is 14.9 Å². The molecular formula is C8H8N2O4S. The van der Waals surface area contributed by atoms with E-state index in [1.54, 1.807) is 0 Å². The van der Waals surface area contributed by atoms with E-state index >= 15 is 0 Å². The Morgan fingerprint density at radius 3 is 3.00 bits per heavy atom. The van der Waals surface area contributed by atoms with E-state index in [0.29, 0.717) is 0 Å². The van der Waals surface area contributed by atoms with Crippen LogP contribution in [-0.4, -0.2) is 26.7 Å². The molecule has 0 aliphatic heterocycles. The number of carboxylic acids is 1. The van der Waals surface area contributed by atoms with Gasteiger partial charge in [-0.15, -0.1) is 0 Å². The Bertz CT molecular complexity index is 383. The van der Waals surface area contributed by atoms with Crippen LogP contribution in [-0.2, 0) is 4.79 Å². The summed E-state index contributed by atoms with van der Waals surface area (Å²) in [7, 11) is 0. The molecule has 1 aromatic rings. The van der Waals surface area contributed by atoms with E-state index in [9.17, 15) is 14.9 Å². The van der Waals surface area contributed by atoms with Crippen molar-refractivity contribution in [3.05, 3.63) is 28.4 Å². The lowest BCUT2D eigenvalue weighted by molar-refractivity contribution is -0.388. The average molecular weight is 228 g/mol. The third-order valence-corrected chi connectivity index (χ3v) is 2.50. The third-order valence-electron chi connectivity index (χ3n) is 1.50. The number of aromatic nitrogens is 1. The molecule has 0 amide bonds. The number of rotatable bonds is 5. The Morgan fingerprint density at radius 1 is 1.67 bits per heavy atom. The van der Waals surface area contributed by atoms with E-state index in [-0.39, 0.29) is 22.9 Å². The Labute approximate surface area is 89.5 Å². The smallest absolute Gasteiger partial charge is 0.304 e. The van der Waals surface area contributed by atoms with Crippen molar-refractivity contribution in [3.63, 3.8) is 0 Å². The highest BCUT2D eigenvalue weighted by molar-refractivity contribution is 7.99. The van der Waals surface area contributed by atoms with Gasteiger partial charge in [0, 0.05) is 18.0 Å². The lowest BCUT2D eigenvalue weighted by atomic mass is 10.4. The number of nitrogens with zero attached hydrogens (tertiary/aromatic N) is 2. The fourth-order valence-electron chi connectivity index (χ4n) is 0.868. The van der Waals surface area contributed by atoms with E-state index in [1.807, 2.05) is 0 Å². The van der Waals surface area contributed by atoms with Crippen molar-refractivity contribution in [3.8, 4) is 0 Å². The number of hydrogen-bond acceptors (Lipinski definition) is 5. The molecular weight excluding hydrogens is 220 g/mol. The molecule has 1 aromatic heterocycles. The summed E-state index contributed by atoms with van der Waals surface area (Å²) in [6, 6.07) is 2.81. The first-order valence-corrected chi connectivity index (χ1v) is 5.04. The fourth-order valence-corrected chi connectivity index (χ4v) is 1.76. The SMILES string of the molecule is O=C(O)CCSc1ncccc1[N+](=O)[O-]. The van der Waals surface area contributed by atoms with E-state index in [2.05, 4.69) is 4.98 Å². The van der Waals surface area contributed by atoms with Gasteiger partial charge >= 0.3 is 11.7 Å². The van der Waals surface area contributed by atoms with Crippen molar-refractivity contribution in [1.82, 2.24) is 4.98 Å². The molecule has 0 saturated carbocycles. The van der Waals surface area contributed by atoms with Crippen molar-refractivity contribution in [2.24, 2.45) is 0 Å². The van der Waals surface area contributed by atoms with Crippen LogP contribution in [0, 0.1) is 10.1 Å². The average Bonchev–Trinajstić information content (AvgIpc) is 2.17. The molecule has 0 atom stereocenters. The molecule has 6 nitrogen and oxygen atoms in total. The van der Waals surface area contributed by atoms with E-state index < -0.39 is 10.9 Å². The molecule has 0 aliphatic rings. The molecule has 1 rings (SSSR count). The Morgan fingerprint density at radius 2 is 2.40 bits per heavy atom. The highest BCUT2D eigenvalue weighted by Gasteiger charge is 2.14. The Balaban J connectivity index is 2.67.